The molecule has 112 valence electrons. The maximum Gasteiger partial charge on any atom is 0.123 e. The number of benzene rings is 2. The molecule has 0 aliphatic rings. The van der Waals surface area contributed by atoms with Gasteiger partial charge in [-0.05, 0) is 50.1 Å². The first kappa shape index (κ1) is 15.9. The van der Waals surface area contributed by atoms with Crippen molar-refractivity contribution in [1.82, 2.24) is 5.32 Å². The van der Waals surface area contributed by atoms with Crippen molar-refractivity contribution in [3.8, 4) is 5.75 Å². The summed E-state index contributed by atoms with van der Waals surface area (Å²) >= 11 is 6.12. The van der Waals surface area contributed by atoms with Crippen molar-refractivity contribution in [3.63, 3.8) is 0 Å². The van der Waals surface area contributed by atoms with E-state index in [0.29, 0.717) is 0 Å². The normalized spacial score (nSPS) is 12.1. The van der Waals surface area contributed by atoms with Crippen molar-refractivity contribution in [2.45, 2.75) is 25.3 Å². The molecule has 0 radical (unpaired) electrons. The Labute approximate surface area is 132 Å². The monoisotopic (exact) mass is 303 g/mol. The molecule has 0 fully saturated rings. The summed E-state index contributed by atoms with van der Waals surface area (Å²) in [5.41, 5.74) is 2.51. The maximum absolute atomic E-state index is 6.12. The summed E-state index contributed by atoms with van der Waals surface area (Å²) in [6.45, 7) is 0. The van der Waals surface area contributed by atoms with Crippen LogP contribution < -0.4 is 10.1 Å². The lowest BCUT2D eigenvalue weighted by atomic mass is 9.98. The van der Waals surface area contributed by atoms with Crippen LogP contribution in [0.3, 0.4) is 0 Å². The molecule has 1 N–H and O–H groups in total. The zero-order valence-electron chi connectivity index (χ0n) is 12.6. The molecule has 0 aliphatic carbocycles. The Balaban J connectivity index is 2.01. The van der Waals surface area contributed by atoms with Crippen molar-refractivity contribution in [2.75, 3.05) is 14.2 Å². The highest BCUT2D eigenvalue weighted by Gasteiger charge is 2.14. The van der Waals surface area contributed by atoms with Gasteiger partial charge in [-0.15, -0.1) is 0 Å². The van der Waals surface area contributed by atoms with Gasteiger partial charge in [-0.1, -0.05) is 41.9 Å². The molecule has 0 heterocycles. The largest absolute Gasteiger partial charge is 0.496 e. The number of aryl methyl sites for hydroxylation is 1. The van der Waals surface area contributed by atoms with Gasteiger partial charge in [0.05, 0.1) is 7.11 Å². The number of nitrogens with one attached hydrogen (secondary N) is 1. The van der Waals surface area contributed by atoms with E-state index >= 15 is 0 Å². The topological polar surface area (TPSA) is 21.3 Å². The Morgan fingerprint density at radius 3 is 2.57 bits per heavy atom. The fourth-order valence-corrected chi connectivity index (χ4v) is 2.77. The molecular weight excluding hydrogens is 282 g/mol. The highest BCUT2D eigenvalue weighted by Crippen LogP contribution is 2.30. The number of methoxy groups -OCH3 is 1. The van der Waals surface area contributed by atoms with Crippen LogP contribution in [0.1, 0.15) is 30.0 Å². The van der Waals surface area contributed by atoms with Crippen molar-refractivity contribution in [3.05, 3.63) is 64.7 Å². The van der Waals surface area contributed by atoms with Gasteiger partial charge >= 0.3 is 0 Å². The summed E-state index contributed by atoms with van der Waals surface area (Å²) in [5, 5.41) is 4.11. The number of ether oxygens (including phenoxy) is 1. The van der Waals surface area contributed by atoms with Gasteiger partial charge in [0.25, 0.3) is 0 Å². The summed E-state index contributed by atoms with van der Waals surface area (Å²) < 4.78 is 5.45. The second-order valence-electron chi connectivity index (χ2n) is 5.11. The Kier molecular flexibility index (Phi) is 6.09. The van der Waals surface area contributed by atoms with E-state index in [9.17, 15) is 0 Å². The van der Waals surface area contributed by atoms with Crippen LogP contribution in [0.4, 0.5) is 0 Å². The Hall–Kier alpha value is -1.51. The number of hydrogen-bond acceptors (Lipinski definition) is 2. The van der Waals surface area contributed by atoms with Gasteiger partial charge in [-0.25, -0.2) is 0 Å². The SMILES string of the molecule is CNC(CCCc1ccccc1)c1cc(Cl)ccc1OC. The van der Waals surface area contributed by atoms with E-state index < -0.39 is 0 Å². The summed E-state index contributed by atoms with van der Waals surface area (Å²) in [6, 6.07) is 16.6. The molecule has 0 amide bonds. The molecule has 0 bridgehead atoms. The molecule has 1 atom stereocenters. The molecule has 2 aromatic rings. The Morgan fingerprint density at radius 1 is 1.14 bits per heavy atom. The minimum absolute atomic E-state index is 0.252. The molecule has 0 aliphatic heterocycles. The van der Waals surface area contributed by atoms with Crippen LogP contribution in [0, 0.1) is 0 Å². The minimum atomic E-state index is 0.252. The predicted molar refractivity (Wildman–Crippen MR) is 89.2 cm³/mol. The highest BCUT2D eigenvalue weighted by molar-refractivity contribution is 6.30. The highest BCUT2D eigenvalue weighted by atomic mass is 35.5. The Morgan fingerprint density at radius 2 is 1.90 bits per heavy atom. The standard InChI is InChI=1S/C18H22ClNO/c1-20-17(10-6-9-14-7-4-3-5-8-14)16-13-15(19)11-12-18(16)21-2/h3-5,7-8,11-13,17,20H,6,9-10H2,1-2H3. The molecule has 0 saturated carbocycles. The third kappa shape index (κ3) is 4.48. The quantitative estimate of drug-likeness (QED) is 0.805. The van der Waals surface area contributed by atoms with Crippen molar-refractivity contribution < 1.29 is 4.74 Å². The second kappa shape index (κ2) is 8.06. The lowest BCUT2D eigenvalue weighted by molar-refractivity contribution is 0.397. The maximum atomic E-state index is 6.12. The molecule has 0 aromatic heterocycles. The third-order valence-electron chi connectivity index (χ3n) is 3.72. The van der Waals surface area contributed by atoms with Crippen LogP contribution in [0.15, 0.2) is 48.5 Å². The molecule has 3 heteroatoms. The van der Waals surface area contributed by atoms with E-state index in [0.717, 1.165) is 35.6 Å². The summed E-state index contributed by atoms with van der Waals surface area (Å²) in [7, 11) is 3.68. The van der Waals surface area contributed by atoms with Crippen LogP contribution in [-0.4, -0.2) is 14.2 Å². The van der Waals surface area contributed by atoms with E-state index in [1.54, 1.807) is 7.11 Å². The number of hydrogen-bond donors (Lipinski definition) is 1. The molecule has 21 heavy (non-hydrogen) atoms. The lowest BCUT2D eigenvalue weighted by Crippen LogP contribution is -2.17. The molecular formula is C18H22ClNO. The molecule has 0 saturated heterocycles. The molecule has 1 unspecified atom stereocenters. The van der Waals surface area contributed by atoms with Crippen molar-refractivity contribution in [2.24, 2.45) is 0 Å². The molecule has 0 spiro atoms. The fraction of sp³-hybridized carbons (Fsp3) is 0.333. The van der Waals surface area contributed by atoms with Gasteiger partial charge in [0.15, 0.2) is 0 Å². The van der Waals surface area contributed by atoms with Gasteiger partial charge in [0, 0.05) is 16.6 Å². The average molecular weight is 304 g/mol. The molecule has 2 aromatic carbocycles. The smallest absolute Gasteiger partial charge is 0.123 e. The van der Waals surface area contributed by atoms with Crippen LogP contribution in [0.25, 0.3) is 0 Å². The van der Waals surface area contributed by atoms with Crippen molar-refractivity contribution in [1.29, 1.82) is 0 Å². The summed E-state index contributed by atoms with van der Waals surface area (Å²) in [6.07, 6.45) is 3.25. The Bertz CT molecular complexity index is 556. The van der Waals surface area contributed by atoms with E-state index in [1.807, 2.05) is 25.2 Å². The van der Waals surface area contributed by atoms with Gasteiger partial charge < -0.3 is 10.1 Å². The predicted octanol–water partition coefficient (Wildman–Crippen LogP) is 4.63. The van der Waals surface area contributed by atoms with E-state index in [1.165, 1.54) is 5.56 Å². The third-order valence-corrected chi connectivity index (χ3v) is 3.95. The van der Waals surface area contributed by atoms with E-state index in [4.69, 9.17) is 16.3 Å². The number of halogens is 1. The first-order valence-corrected chi connectivity index (χ1v) is 7.67. The minimum Gasteiger partial charge on any atom is -0.496 e. The van der Waals surface area contributed by atoms with Gasteiger partial charge in [-0.2, -0.15) is 0 Å². The molecule has 2 nitrogen and oxygen atoms in total. The second-order valence-corrected chi connectivity index (χ2v) is 5.54. The van der Waals surface area contributed by atoms with E-state index in [2.05, 4.69) is 35.6 Å². The van der Waals surface area contributed by atoms with Gasteiger partial charge in [0.1, 0.15) is 5.75 Å². The zero-order chi connectivity index (χ0) is 15.1. The summed E-state index contributed by atoms with van der Waals surface area (Å²) in [4.78, 5) is 0. The van der Waals surface area contributed by atoms with Crippen molar-refractivity contribution >= 4 is 11.6 Å². The first-order valence-electron chi connectivity index (χ1n) is 7.29. The van der Waals surface area contributed by atoms with E-state index in [-0.39, 0.29) is 6.04 Å². The van der Waals surface area contributed by atoms with Gasteiger partial charge in [-0.3, -0.25) is 0 Å². The van der Waals surface area contributed by atoms with Crippen LogP contribution in [-0.2, 0) is 6.42 Å². The average Bonchev–Trinajstić information content (AvgIpc) is 2.52. The van der Waals surface area contributed by atoms with Gasteiger partial charge in [0.2, 0.25) is 0 Å². The first-order chi connectivity index (χ1) is 10.2. The van der Waals surface area contributed by atoms with Crippen LogP contribution in [0.5, 0.6) is 5.75 Å². The zero-order valence-corrected chi connectivity index (χ0v) is 13.4. The van der Waals surface area contributed by atoms with Crippen LogP contribution >= 0.6 is 11.6 Å². The lowest BCUT2D eigenvalue weighted by Gasteiger charge is -2.19. The fourth-order valence-electron chi connectivity index (χ4n) is 2.59. The molecule has 2 rings (SSSR count). The number of rotatable bonds is 7. The van der Waals surface area contributed by atoms with Crippen LogP contribution in [0.2, 0.25) is 5.02 Å². The summed E-state index contributed by atoms with van der Waals surface area (Å²) in [5.74, 6) is 0.887.